The second kappa shape index (κ2) is 8.50. The standard InChI is InChI=1S/C19H25ClN4O/c1-2-9-23-10-7-17(8-11-23)22-19(25)16-12-21-24(14-16)13-15-5-3-4-6-18(15)20/h3-6,12,14,17H,2,7-11,13H2,1H3,(H,22,25). The van der Waals surface area contributed by atoms with E-state index < -0.39 is 0 Å². The molecule has 0 spiro atoms. The van der Waals surface area contributed by atoms with Crippen molar-refractivity contribution < 1.29 is 4.79 Å². The molecule has 6 heteroatoms. The van der Waals surface area contributed by atoms with Gasteiger partial charge in [0, 0.05) is 30.4 Å². The summed E-state index contributed by atoms with van der Waals surface area (Å²) in [7, 11) is 0. The number of piperidine rings is 1. The van der Waals surface area contributed by atoms with Gasteiger partial charge in [0.25, 0.3) is 5.91 Å². The summed E-state index contributed by atoms with van der Waals surface area (Å²) in [6, 6.07) is 7.93. The largest absolute Gasteiger partial charge is 0.349 e. The molecule has 1 aromatic carbocycles. The Labute approximate surface area is 154 Å². The molecule has 0 unspecified atom stereocenters. The lowest BCUT2D eigenvalue weighted by Gasteiger charge is -2.31. The summed E-state index contributed by atoms with van der Waals surface area (Å²) < 4.78 is 1.75. The molecule has 0 saturated carbocycles. The van der Waals surface area contributed by atoms with Gasteiger partial charge in [-0.2, -0.15) is 5.10 Å². The molecule has 0 atom stereocenters. The lowest BCUT2D eigenvalue weighted by Crippen LogP contribution is -2.44. The average molecular weight is 361 g/mol. The minimum absolute atomic E-state index is 0.0423. The van der Waals surface area contributed by atoms with Crippen molar-refractivity contribution in [2.75, 3.05) is 19.6 Å². The van der Waals surface area contributed by atoms with Crippen LogP contribution in [-0.4, -0.2) is 46.3 Å². The molecule has 1 fully saturated rings. The third kappa shape index (κ3) is 4.83. The number of nitrogens with one attached hydrogen (secondary N) is 1. The van der Waals surface area contributed by atoms with Gasteiger partial charge in [-0.15, -0.1) is 0 Å². The molecule has 3 rings (SSSR count). The Balaban J connectivity index is 1.54. The van der Waals surface area contributed by atoms with E-state index in [1.165, 1.54) is 6.42 Å². The molecule has 134 valence electrons. The maximum absolute atomic E-state index is 12.4. The molecule has 0 bridgehead atoms. The summed E-state index contributed by atoms with van der Waals surface area (Å²) in [5.74, 6) is -0.0423. The number of hydrogen-bond acceptors (Lipinski definition) is 3. The van der Waals surface area contributed by atoms with E-state index in [1.807, 2.05) is 24.3 Å². The molecule has 1 aliphatic heterocycles. The Bertz CT molecular complexity index is 707. The first-order chi connectivity index (χ1) is 12.2. The Morgan fingerprint density at radius 1 is 1.32 bits per heavy atom. The second-order valence-electron chi connectivity index (χ2n) is 6.61. The minimum atomic E-state index is -0.0423. The molecule has 1 aliphatic rings. The molecule has 25 heavy (non-hydrogen) atoms. The quantitative estimate of drug-likeness (QED) is 0.860. The number of nitrogens with zero attached hydrogens (tertiary/aromatic N) is 3. The number of carbonyl (C=O) groups is 1. The average Bonchev–Trinajstić information content (AvgIpc) is 3.08. The third-order valence-corrected chi connectivity index (χ3v) is 5.02. The highest BCUT2D eigenvalue weighted by Gasteiger charge is 2.21. The van der Waals surface area contributed by atoms with Crippen LogP contribution >= 0.6 is 11.6 Å². The van der Waals surface area contributed by atoms with Gasteiger partial charge in [0.2, 0.25) is 0 Å². The number of amides is 1. The highest BCUT2D eigenvalue weighted by atomic mass is 35.5. The van der Waals surface area contributed by atoms with Crippen LogP contribution in [0, 0.1) is 0 Å². The van der Waals surface area contributed by atoms with Crippen LogP contribution in [0.5, 0.6) is 0 Å². The first-order valence-electron chi connectivity index (χ1n) is 8.94. The SMILES string of the molecule is CCCN1CCC(NC(=O)c2cnn(Cc3ccccc3Cl)c2)CC1. The molecular formula is C19H25ClN4O. The van der Waals surface area contributed by atoms with Gasteiger partial charge in [0.15, 0.2) is 0 Å². The summed E-state index contributed by atoms with van der Waals surface area (Å²) in [6.07, 6.45) is 6.61. The smallest absolute Gasteiger partial charge is 0.254 e. The summed E-state index contributed by atoms with van der Waals surface area (Å²) in [4.78, 5) is 14.9. The van der Waals surface area contributed by atoms with Gasteiger partial charge < -0.3 is 10.2 Å². The number of rotatable bonds is 6. The van der Waals surface area contributed by atoms with Crippen LogP contribution < -0.4 is 5.32 Å². The van der Waals surface area contributed by atoms with E-state index in [0.717, 1.165) is 38.0 Å². The van der Waals surface area contributed by atoms with Crippen LogP contribution in [-0.2, 0) is 6.54 Å². The van der Waals surface area contributed by atoms with E-state index in [9.17, 15) is 4.79 Å². The molecule has 1 N–H and O–H groups in total. The molecule has 2 heterocycles. The summed E-state index contributed by atoms with van der Waals surface area (Å²) >= 11 is 6.18. The molecule has 2 aromatic rings. The number of halogens is 1. The van der Waals surface area contributed by atoms with Crippen LogP contribution in [0.2, 0.25) is 5.02 Å². The molecule has 0 radical (unpaired) electrons. The monoisotopic (exact) mass is 360 g/mol. The number of benzene rings is 1. The zero-order valence-electron chi connectivity index (χ0n) is 14.6. The van der Waals surface area contributed by atoms with E-state index in [2.05, 4.69) is 22.2 Å². The van der Waals surface area contributed by atoms with Crippen molar-refractivity contribution in [1.29, 1.82) is 0 Å². The van der Waals surface area contributed by atoms with Crippen LogP contribution in [0.15, 0.2) is 36.7 Å². The highest BCUT2D eigenvalue weighted by Crippen LogP contribution is 2.16. The highest BCUT2D eigenvalue weighted by molar-refractivity contribution is 6.31. The number of aromatic nitrogens is 2. The second-order valence-corrected chi connectivity index (χ2v) is 7.01. The van der Waals surface area contributed by atoms with Gasteiger partial charge >= 0.3 is 0 Å². The Morgan fingerprint density at radius 3 is 2.80 bits per heavy atom. The fourth-order valence-electron chi connectivity index (χ4n) is 3.25. The number of likely N-dealkylation sites (tertiary alicyclic amines) is 1. The van der Waals surface area contributed by atoms with Crippen LogP contribution in [0.3, 0.4) is 0 Å². The normalized spacial score (nSPS) is 16.1. The molecule has 0 aliphatic carbocycles. The van der Waals surface area contributed by atoms with Gasteiger partial charge in [-0.3, -0.25) is 9.48 Å². The van der Waals surface area contributed by atoms with Crippen molar-refractivity contribution >= 4 is 17.5 Å². The van der Waals surface area contributed by atoms with E-state index in [4.69, 9.17) is 11.6 Å². The predicted octanol–water partition coefficient (Wildman–Crippen LogP) is 3.19. The maximum atomic E-state index is 12.4. The molecular weight excluding hydrogens is 336 g/mol. The molecule has 5 nitrogen and oxygen atoms in total. The number of carbonyl (C=O) groups excluding carboxylic acids is 1. The first-order valence-corrected chi connectivity index (χ1v) is 9.32. The van der Waals surface area contributed by atoms with Gasteiger partial charge in [0.1, 0.15) is 0 Å². The fraction of sp³-hybridized carbons (Fsp3) is 0.474. The minimum Gasteiger partial charge on any atom is -0.349 e. The van der Waals surface area contributed by atoms with Crippen molar-refractivity contribution in [3.05, 3.63) is 52.8 Å². The van der Waals surface area contributed by atoms with Gasteiger partial charge in [-0.1, -0.05) is 36.7 Å². The van der Waals surface area contributed by atoms with Crippen molar-refractivity contribution in [2.45, 2.75) is 38.8 Å². The van der Waals surface area contributed by atoms with Crippen molar-refractivity contribution in [3.63, 3.8) is 0 Å². The van der Waals surface area contributed by atoms with Gasteiger partial charge in [-0.05, 0) is 37.4 Å². The summed E-state index contributed by atoms with van der Waals surface area (Å²) in [6.45, 7) is 6.03. The van der Waals surface area contributed by atoms with Crippen molar-refractivity contribution in [2.24, 2.45) is 0 Å². The van der Waals surface area contributed by atoms with Crippen molar-refractivity contribution in [3.8, 4) is 0 Å². The zero-order chi connectivity index (χ0) is 17.6. The van der Waals surface area contributed by atoms with Crippen LogP contribution in [0.1, 0.15) is 42.1 Å². The Kier molecular flexibility index (Phi) is 6.10. The summed E-state index contributed by atoms with van der Waals surface area (Å²) in [5.41, 5.74) is 1.59. The van der Waals surface area contributed by atoms with Gasteiger partial charge in [-0.25, -0.2) is 0 Å². The lowest BCUT2D eigenvalue weighted by molar-refractivity contribution is 0.0911. The topological polar surface area (TPSA) is 50.2 Å². The Morgan fingerprint density at radius 2 is 2.08 bits per heavy atom. The fourth-order valence-corrected chi connectivity index (χ4v) is 3.45. The first kappa shape index (κ1) is 18.0. The van der Waals surface area contributed by atoms with E-state index in [0.29, 0.717) is 17.1 Å². The van der Waals surface area contributed by atoms with Gasteiger partial charge in [0.05, 0.1) is 18.3 Å². The molecule has 1 saturated heterocycles. The van der Waals surface area contributed by atoms with E-state index in [-0.39, 0.29) is 11.9 Å². The predicted molar refractivity (Wildman–Crippen MR) is 100 cm³/mol. The lowest BCUT2D eigenvalue weighted by atomic mass is 10.0. The molecule has 1 amide bonds. The van der Waals surface area contributed by atoms with Crippen LogP contribution in [0.25, 0.3) is 0 Å². The third-order valence-electron chi connectivity index (χ3n) is 4.65. The Hall–Kier alpha value is -1.85. The summed E-state index contributed by atoms with van der Waals surface area (Å²) in [5, 5.41) is 8.14. The van der Waals surface area contributed by atoms with E-state index in [1.54, 1.807) is 17.1 Å². The van der Waals surface area contributed by atoms with E-state index >= 15 is 0 Å². The zero-order valence-corrected chi connectivity index (χ0v) is 15.4. The van der Waals surface area contributed by atoms with Crippen molar-refractivity contribution in [1.82, 2.24) is 20.0 Å². The maximum Gasteiger partial charge on any atom is 0.254 e. The number of hydrogen-bond donors (Lipinski definition) is 1. The van der Waals surface area contributed by atoms with Crippen LogP contribution in [0.4, 0.5) is 0 Å². The molecule has 1 aromatic heterocycles.